The third-order valence-corrected chi connectivity index (χ3v) is 6.04. The Hall–Kier alpha value is -1.99. The van der Waals surface area contributed by atoms with Crippen LogP contribution < -0.4 is 10.2 Å². The summed E-state index contributed by atoms with van der Waals surface area (Å²) in [5.41, 5.74) is 2.28. The van der Waals surface area contributed by atoms with E-state index < -0.39 is 0 Å². The van der Waals surface area contributed by atoms with Gasteiger partial charge in [0.1, 0.15) is 12.1 Å². The molecule has 26 heavy (non-hydrogen) atoms. The van der Waals surface area contributed by atoms with Gasteiger partial charge in [-0.15, -0.1) is 0 Å². The van der Waals surface area contributed by atoms with Crippen molar-refractivity contribution in [1.29, 1.82) is 0 Å². The van der Waals surface area contributed by atoms with Crippen LogP contribution >= 0.6 is 11.3 Å². The lowest BCUT2D eigenvalue weighted by atomic mass is 9.78. The minimum absolute atomic E-state index is 0.133. The van der Waals surface area contributed by atoms with Crippen molar-refractivity contribution < 1.29 is 9.90 Å². The van der Waals surface area contributed by atoms with E-state index in [1.807, 2.05) is 11.4 Å². The molecule has 1 atom stereocenters. The number of hydrogen-bond donors (Lipinski definition) is 2. The van der Waals surface area contributed by atoms with Crippen molar-refractivity contribution in [3.63, 3.8) is 0 Å². The normalized spacial score (nSPS) is 25.1. The molecule has 1 amide bonds. The number of aryl methyl sites for hydroxylation is 1. The minimum Gasteiger partial charge on any atom is -0.391 e. The van der Waals surface area contributed by atoms with E-state index in [2.05, 4.69) is 31.6 Å². The zero-order valence-electron chi connectivity index (χ0n) is 14.7. The molecule has 2 fully saturated rings. The number of aliphatic hydroxyl groups is 1. The number of carbonyl (C=O) groups is 1. The van der Waals surface area contributed by atoms with Crippen LogP contribution in [0.1, 0.15) is 42.9 Å². The van der Waals surface area contributed by atoms with Crippen LogP contribution in [0.2, 0.25) is 0 Å². The first-order valence-electron chi connectivity index (χ1n) is 9.23. The second-order valence-electron chi connectivity index (χ2n) is 7.25. The highest BCUT2D eigenvalue weighted by Crippen LogP contribution is 2.36. The summed E-state index contributed by atoms with van der Waals surface area (Å²) in [5.74, 6) is 1.41. The van der Waals surface area contributed by atoms with E-state index in [4.69, 9.17) is 0 Å². The van der Waals surface area contributed by atoms with Crippen molar-refractivity contribution in [3.05, 3.63) is 40.5 Å². The molecule has 0 radical (unpaired) electrons. The molecule has 1 saturated carbocycles. The second kappa shape index (κ2) is 7.72. The molecule has 1 aliphatic heterocycles. The number of aromatic nitrogens is 2. The zero-order valence-corrected chi connectivity index (χ0v) is 15.5. The summed E-state index contributed by atoms with van der Waals surface area (Å²) in [6, 6.07) is 4.36. The Balaban J connectivity index is 1.25. The molecule has 4 rings (SSSR count). The Bertz CT molecular complexity index is 746. The standard InChI is InChI=1S/C19H24N4O2S/c24-16-3-5-23(10-16)18-9-17(20-12-21-18)14-7-15(8-14)22-19(25)2-1-13-4-6-26-11-13/h4,6,9,11-12,14-16,24H,1-3,5,7-8,10H2,(H,22,25). The fourth-order valence-electron chi connectivity index (χ4n) is 3.68. The van der Waals surface area contributed by atoms with Crippen LogP contribution in [-0.2, 0) is 11.2 Å². The van der Waals surface area contributed by atoms with Crippen molar-refractivity contribution in [2.24, 2.45) is 0 Å². The lowest BCUT2D eigenvalue weighted by Crippen LogP contribution is -2.43. The molecule has 7 heteroatoms. The van der Waals surface area contributed by atoms with Crippen molar-refractivity contribution in [2.45, 2.75) is 50.2 Å². The topological polar surface area (TPSA) is 78.4 Å². The number of aliphatic hydroxyl groups excluding tert-OH is 1. The van der Waals surface area contributed by atoms with Crippen LogP contribution in [0.4, 0.5) is 5.82 Å². The molecule has 0 bridgehead atoms. The van der Waals surface area contributed by atoms with Gasteiger partial charge in [-0.3, -0.25) is 4.79 Å². The summed E-state index contributed by atoms with van der Waals surface area (Å²) in [5, 5.41) is 17.0. The minimum atomic E-state index is -0.259. The summed E-state index contributed by atoms with van der Waals surface area (Å²) >= 11 is 1.67. The highest BCUT2D eigenvalue weighted by Gasteiger charge is 2.33. The van der Waals surface area contributed by atoms with Gasteiger partial charge >= 0.3 is 0 Å². The van der Waals surface area contributed by atoms with Gasteiger partial charge in [-0.2, -0.15) is 11.3 Å². The number of β-amino-alcohol motifs (C(OH)–C–C–N with tert-alkyl or cyclic N) is 1. The van der Waals surface area contributed by atoms with Gasteiger partial charge in [0.2, 0.25) is 5.91 Å². The molecule has 0 aromatic carbocycles. The molecule has 0 spiro atoms. The number of nitrogens with zero attached hydrogens (tertiary/aromatic N) is 3. The molecule has 2 aromatic rings. The number of carbonyl (C=O) groups excluding carboxylic acids is 1. The summed E-state index contributed by atoms with van der Waals surface area (Å²) < 4.78 is 0. The molecule has 2 aromatic heterocycles. The zero-order chi connectivity index (χ0) is 17.9. The van der Waals surface area contributed by atoms with Gasteiger partial charge in [0.25, 0.3) is 0 Å². The summed E-state index contributed by atoms with van der Waals surface area (Å²) in [4.78, 5) is 23.0. The maximum atomic E-state index is 12.1. The molecular formula is C19H24N4O2S. The van der Waals surface area contributed by atoms with E-state index in [9.17, 15) is 9.90 Å². The van der Waals surface area contributed by atoms with E-state index in [0.717, 1.165) is 43.7 Å². The SMILES string of the molecule is O=C(CCc1ccsc1)NC1CC(c2cc(N3CCC(O)C3)ncn2)C1. The van der Waals surface area contributed by atoms with Crippen molar-refractivity contribution in [3.8, 4) is 0 Å². The summed E-state index contributed by atoms with van der Waals surface area (Å²) in [6.07, 6.45) is 5.37. The largest absolute Gasteiger partial charge is 0.391 e. The average molecular weight is 372 g/mol. The van der Waals surface area contributed by atoms with Crippen LogP contribution in [0.15, 0.2) is 29.2 Å². The number of hydrogen-bond acceptors (Lipinski definition) is 6. The molecule has 1 saturated heterocycles. The molecule has 2 aliphatic rings. The molecule has 6 nitrogen and oxygen atoms in total. The van der Waals surface area contributed by atoms with Crippen molar-refractivity contribution in [1.82, 2.24) is 15.3 Å². The monoisotopic (exact) mass is 372 g/mol. The highest BCUT2D eigenvalue weighted by molar-refractivity contribution is 7.07. The highest BCUT2D eigenvalue weighted by atomic mass is 32.1. The summed E-state index contributed by atoms with van der Waals surface area (Å²) in [7, 11) is 0. The summed E-state index contributed by atoms with van der Waals surface area (Å²) in [6.45, 7) is 1.48. The van der Waals surface area contributed by atoms with Crippen molar-refractivity contribution in [2.75, 3.05) is 18.0 Å². The number of thiophene rings is 1. The first-order chi connectivity index (χ1) is 12.7. The fourth-order valence-corrected chi connectivity index (χ4v) is 4.38. The van der Waals surface area contributed by atoms with Gasteiger partial charge in [-0.1, -0.05) is 0 Å². The van der Waals surface area contributed by atoms with Crippen molar-refractivity contribution >= 4 is 23.1 Å². The van der Waals surface area contributed by atoms with Gasteiger partial charge in [0.15, 0.2) is 0 Å². The molecule has 2 N–H and O–H groups in total. The third kappa shape index (κ3) is 4.04. The Kier molecular flexibility index (Phi) is 5.17. The Morgan fingerprint density at radius 2 is 2.27 bits per heavy atom. The Morgan fingerprint density at radius 3 is 3.00 bits per heavy atom. The van der Waals surface area contributed by atoms with Gasteiger partial charge < -0.3 is 15.3 Å². The first-order valence-corrected chi connectivity index (χ1v) is 10.2. The Morgan fingerprint density at radius 1 is 1.38 bits per heavy atom. The number of nitrogens with one attached hydrogen (secondary N) is 1. The number of rotatable bonds is 6. The number of anilines is 1. The lowest BCUT2D eigenvalue weighted by molar-refractivity contribution is -0.122. The van der Waals surface area contributed by atoms with E-state index in [0.29, 0.717) is 18.9 Å². The van der Waals surface area contributed by atoms with Gasteiger partial charge in [-0.05, 0) is 48.1 Å². The maximum Gasteiger partial charge on any atom is 0.220 e. The smallest absolute Gasteiger partial charge is 0.220 e. The molecule has 138 valence electrons. The molecular weight excluding hydrogens is 348 g/mol. The Labute approximate surface area is 157 Å². The predicted molar refractivity (Wildman–Crippen MR) is 101 cm³/mol. The quantitative estimate of drug-likeness (QED) is 0.812. The van der Waals surface area contributed by atoms with Gasteiger partial charge in [-0.25, -0.2) is 9.97 Å². The average Bonchev–Trinajstić information content (AvgIpc) is 3.27. The van der Waals surface area contributed by atoms with E-state index >= 15 is 0 Å². The fraction of sp³-hybridized carbons (Fsp3) is 0.526. The lowest BCUT2D eigenvalue weighted by Gasteiger charge is -2.35. The van der Waals surface area contributed by atoms with E-state index in [1.54, 1.807) is 17.7 Å². The second-order valence-corrected chi connectivity index (χ2v) is 8.03. The van der Waals surface area contributed by atoms with Gasteiger partial charge in [0.05, 0.1) is 6.10 Å². The van der Waals surface area contributed by atoms with Crippen LogP contribution in [0.3, 0.4) is 0 Å². The number of amides is 1. The predicted octanol–water partition coefficient (Wildman–Crippen LogP) is 2.10. The molecule has 1 aliphatic carbocycles. The molecule has 3 heterocycles. The van der Waals surface area contributed by atoms with Crippen LogP contribution in [0, 0.1) is 0 Å². The first kappa shape index (κ1) is 17.4. The van der Waals surface area contributed by atoms with Crippen LogP contribution in [0.25, 0.3) is 0 Å². The third-order valence-electron chi connectivity index (χ3n) is 5.30. The maximum absolute atomic E-state index is 12.1. The van der Waals surface area contributed by atoms with Crippen LogP contribution in [-0.4, -0.2) is 46.2 Å². The van der Waals surface area contributed by atoms with Crippen LogP contribution in [0.5, 0.6) is 0 Å². The van der Waals surface area contributed by atoms with E-state index in [-0.39, 0.29) is 18.1 Å². The van der Waals surface area contributed by atoms with E-state index in [1.165, 1.54) is 5.56 Å². The van der Waals surface area contributed by atoms with Gasteiger partial charge in [0, 0.05) is 43.2 Å². The molecule has 1 unspecified atom stereocenters.